The molecule has 0 spiro atoms. The molecule has 2 aromatic carbocycles. The first-order valence-electron chi connectivity index (χ1n) is 7.62. The van der Waals surface area contributed by atoms with Crippen molar-refractivity contribution < 1.29 is 18.0 Å². The van der Waals surface area contributed by atoms with Gasteiger partial charge in [-0.1, -0.05) is 49.7 Å². The number of hydrogen-bond acceptors (Lipinski definition) is 1. The van der Waals surface area contributed by atoms with Gasteiger partial charge in [-0.3, -0.25) is 4.79 Å². The van der Waals surface area contributed by atoms with Gasteiger partial charge in [0.25, 0.3) is 0 Å². The minimum atomic E-state index is -4.58. The van der Waals surface area contributed by atoms with Gasteiger partial charge >= 0.3 is 6.18 Å². The van der Waals surface area contributed by atoms with E-state index in [1.807, 2.05) is 24.3 Å². The van der Waals surface area contributed by atoms with Crippen molar-refractivity contribution in [3.8, 4) is 0 Å². The van der Waals surface area contributed by atoms with Crippen LogP contribution in [-0.2, 0) is 11.0 Å². The van der Waals surface area contributed by atoms with Crippen LogP contribution in [0.15, 0.2) is 48.5 Å². The summed E-state index contributed by atoms with van der Waals surface area (Å²) in [4.78, 5) is 11.9. The molecule has 0 aromatic heterocycles. The zero-order valence-corrected chi connectivity index (χ0v) is 14.4. The summed E-state index contributed by atoms with van der Waals surface area (Å²) >= 11 is 5.55. The van der Waals surface area contributed by atoms with Crippen LogP contribution in [0.25, 0.3) is 6.08 Å². The zero-order chi connectivity index (χ0) is 18.6. The van der Waals surface area contributed by atoms with Crippen molar-refractivity contribution in [3.63, 3.8) is 0 Å². The second-order valence-electron chi connectivity index (χ2n) is 5.84. The number of alkyl halides is 3. The van der Waals surface area contributed by atoms with Crippen molar-refractivity contribution >= 4 is 29.3 Å². The molecule has 0 saturated heterocycles. The van der Waals surface area contributed by atoms with Crippen molar-refractivity contribution in [1.82, 2.24) is 0 Å². The monoisotopic (exact) mass is 367 g/mol. The number of halogens is 4. The Morgan fingerprint density at radius 3 is 2.32 bits per heavy atom. The summed E-state index contributed by atoms with van der Waals surface area (Å²) < 4.78 is 38.4. The van der Waals surface area contributed by atoms with Gasteiger partial charge in [-0.05, 0) is 41.3 Å². The van der Waals surface area contributed by atoms with Crippen LogP contribution < -0.4 is 5.32 Å². The molecule has 132 valence electrons. The summed E-state index contributed by atoms with van der Waals surface area (Å²) in [5, 5.41) is 1.99. The first-order valence-corrected chi connectivity index (χ1v) is 8.00. The molecule has 6 heteroatoms. The third-order valence-electron chi connectivity index (χ3n) is 3.57. The van der Waals surface area contributed by atoms with Crippen molar-refractivity contribution in [2.24, 2.45) is 0 Å². The molecule has 1 N–H and O–H groups in total. The van der Waals surface area contributed by atoms with E-state index in [-0.39, 0.29) is 5.69 Å². The number of benzene rings is 2. The van der Waals surface area contributed by atoms with Gasteiger partial charge in [0, 0.05) is 11.8 Å². The van der Waals surface area contributed by atoms with Crippen LogP contribution in [-0.4, -0.2) is 5.91 Å². The van der Waals surface area contributed by atoms with Gasteiger partial charge in [0.15, 0.2) is 0 Å². The smallest absolute Gasteiger partial charge is 0.322 e. The fourth-order valence-electron chi connectivity index (χ4n) is 2.17. The van der Waals surface area contributed by atoms with Crippen LogP contribution in [0.3, 0.4) is 0 Å². The molecule has 1 amide bonds. The van der Waals surface area contributed by atoms with E-state index in [4.69, 9.17) is 11.6 Å². The Hall–Kier alpha value is -2.27. The predicted molar refractivity (Wildman–Crippen MR) is 94.6 cm³/mol. The zero-order valence-electron chi connectivity index (χ0n) is 13.7. The molecule has 0 bridgehead atoms. The van der Waals surface area contributed by atoms with Crippen LogP contribution in [0.4, 0.5) is 18.9 Å². The third-order valence-corrected chi connectivity index (χ3v) is 3.90. The number of hydrogen-bond donors (Lipinski definition) is 1. The quantitative estimate of drug-likeness (QED) is 0.646. The van der Waals surface area contributed by atoms with E-state index in [1.165, 1.54) is 17.7 Å². The molecule has 0 heterocycles. The van der Waals surface area contributed by atoms with E-state index in [1.54, 1.807) is 6.08 Å². The fourth-order valence-corrected chi connectivity index (χ4v) is 2.39. The van der Waals surface area contributed by atoms with Crippen LogP contribution in [0.1, 0.15) is 36.5 Å². The summed E-state index contributed by atoms with van der Waals surface area (Å²) in [6.45, 7) is 4.17. The number of rotatable bonds is 4. The molecule has 2 rings (SSSR count). The van der Waals surface area contributed by atoms with Crippen molar-refractivity contribution in [2.45, 2.75) is 25.9 Å². The average Bonchev–Trinajstić information content (AvgIpc) is 2.54. The number of carbonyl (C=O) groups is 1. The topological polar surface area (TPSA) is 29.1 Å². The molecule has 0 aliphatic rings. The Kier molecular flexibility index (Phi) is 5.90. The van der Waals surface area contributed by atoms with E-state index in [2.05, 4.69) is 19.2 Å². The molecular weight excluding hydrogens is 351 g/mol. The minimum Gasteiger partial charge on any atom is -0.322 e. The Balaban J connectivity index is 2.07. The van der Waals surface area contributed by atoms with Crippen molar-refractivity contribution in [3.05, 3.63) is 70.3 Å². The second kappa shape index (κ2) is 7.74. The lowest BCUT2D eigenvalue weighted by molar-refractivity contribution is -0.137. The SMILES string of the molecule is CC(C)c1ccc(C=CC(=O)Nc2ccc(Cl)c(C(F)(F)F)c2)cc1. The predicted octanol–water partition coefficient (Wildman–Crippen LogP) is 6.13. The van der Waals surface area contributed by atoms with Gasteiger partial charge in [0.2, 0.25) is 5.91 Å². The lowest BCUT2D eigenvalue weighted by Crippen LogP contribution is -2.11. The lowest BCUT2D eigenvalue weighted by Gasteiger charge is -2.11. The van der Waals surface area contributed by atoms with Crippen LogP contribution in [0.2, 0.25) is 5.02 Å². The highest BCUT2D eigenvalue weighted by atomic mass is 35.5. The summed E-state index contributed by atoms with van der Waals surface area (Å²) in [6.07, 6.45) is -1.71. The van der Waals surface area contributed by atoms with Gasteiger partial charge in [-0.15, -0.1) is 0 Å². The van der Waals surface area contributed by atoms with Crippen LogP contribution in [0, 0.1) is 0 Å². The van der Waals surface area contributed by atoms with E-state index < -0.39 is 22.7 Å². The summed E-state index contributed by atoms with van der Waals surface area (Å²) in [6, 6.07) is 10.9. The molecular formula is C19H17ClF3NO. The fraction of sp³-hybridized carbons (Fsp3) is 0.211. The van der Waals surface area contributed by atoms with Gasteiger partial charge in [-0.2, -0.15) is 13.2 Å². The highest BCUT2D eigenvalue weighted by Crippen LogP contribution is 2.36. The Morgan fingerprint density at radius 2 is 1.76 bits per heavy atom. The van der Waals surface area contributed by atoms with E-state index in [0.29, 0.717) is 5.92 Å². The number of carbonyl (C=O) groups excluding carboxylic acids is 1. The molecule has 25 heavy (non-hydrogen) atoms. The molecule has 0 aliphatic carbocycles. The van der Waals surface area contributed by atoms with Crippen molar-refractivity contribution in [2.75, 3.05) is 5.32 Å². The Labute approximate surface area is 149 Å². The molecule has 2 aromatic rings. The second-order valence-corrected chi connectivity index (χ2v) is 6.24. The summed E-state index contributed by atoms with van der Waals surface area (Å²) in [5.41, 5.74) is 1.05. The highest BCUT2D eigenvalue weighted by molar-refractivity contribution is 6.31. The molecule has 0 atom stereocenters. The molecule has 0 fully saturated rings. The van der Waals surface area contributed by atoms with E-state index in [9.17, 15) is 18.0 Å². The number of anilines is 1. The largest absolute Gasteiger partial charge is 0.417 e. The molecule has 0 aliphatic heterocycles. The highest BCUT2D eigenvalue weighted by Gasteiger charge is 2.33. The van der Waals surface area contributed by atoms with Crippen molar-refractivity contribution in [1.29, 1.82) is 0 Å². The molecule has 0 saturated carbocycles. The lowest BCUT2D eigenvalue weighted by atomic mass is 10.0. The minimum absolute atomic E-state index is 0.0292. The number of nitrogens with one attached hydrogen (secondary N) is 1. The first kappa shape index (κ1) is 19.1. The first-order chi connectivity index (χ1) is 11.7. The van der Waals surface area contributed by atoms with E-state index >= 15 is 0 Å². The normalized spacial score (nSPS) is 12.0. The van der Waals surface area contributed by atoms with Crippen LogP contribution >= 0.6 is 11.6 Å². The standard InChI is InChI=1S/C19H17ClF3NO/c1-12(2)14-6-3-13(4-7-14)5-10-18(25)24-15-8-9-17(20)16(11-15)19(21,22)23/h3-12H,1-2H3,(H,24,25). The number of amides is 1. The Bertz CT molecular complexity index is 780. The molecule has 0 radical (unpaired) electrons. The third kappa shape index (κ3) is 5.36. The molecule has 2 nitrogen and oxygen atoms in total. The maximum Gasteiger partial charge on any atom is 0.417 e. The van der Waals surface area contributed by atoms with Gasteiger partial charge < -0.3 is 5.32 Å². The maximum absolute atomic E-state index is 12.8. The maximum atomic E-state index is 12.8. The van der Waals surface area contributed by atoms with E-state index in [0.717, 1.165) is 17.7 Å². The summed E-state index contributed by atoms with van der Waals surface area (Å²) in [5.74, 6) is -0.113. The van der Waals surface area contributed by atoms with Gasteiger partial charge in [0.1, 0.15) is 0 Å². The summed E-state index contributed by atoms with van der Waals surface area (Å²) in [7, 11) is 0. The van der Waals surface area contributed by atoms with Gasteiger partial charge in [0.05, 0.1) is 10.6 Å². The average molecular weight is 368 g/mol. The molecule has 0 unspecified atom stereocenters. The van der Waals surface area contributed by atoms with Gasteiger partial charge in [-0.25, -0.2) is 0 Å². The van der Waals surface area contributed by atoms with Crippen LogP contribution in [0.5, 0.6) is 0 Å². The Morgan fingerprint density at radius 1 is 1.12 bits per heavy atom.